The first-order valence-corrected chi connectivity index (χ1v) is 8.02. The Bertz CT molecular complexity index is 1090. The van der Waals surface area contributed by atoms with E-state index in [2.05, 4.69) is 15.0 Å². The molecule has 0 amide bonds. The van der Waals surface area contributed by atoms with Gasteiger partial charge in [0.2, 0.25) is 5.28 Å². The number of ether oxygens (including phenoxy) is 2. The SMILES string of the molecule is COc1cc2nc(Cl)nc(-c3cccc4cccnc34)c2cc1OC. The molecule has 4 rings (SSSR count). The molecular formula is C19H14ClN3O2. The van der Waals surface area contributed by atoms with Gasteiger partial charge in [-0.1, -0.05) is 24.3 Å². The van der Waals surface area contributed by atoms with Crippen LogP contribution in [0.5, 0.6) is 11.5 Å². The molecule has 0 radical (unpaired) electrons. The van der Waals surface area contributed by atoms with Gasteiger partial charge in [0.1, 0.15) is 0 Å². The molecule has 0 saturated carbocycles. The van der Waals surface area contributed by atoms with Crippen LogP contribution in [0.25, 0.3) is 33.1 Å². The van der Waals surface area contributed by atoms with E-state index in [9.17, 15) is 0 Å². The predicted molar refractivity (Wildman–Crippen MR) is 98.4 cm³/mol. The first-order valence-electron chi connectivity index (χ1n) is 7.64. The maximum atomic E-state index is 6.18. The molecule has 4 aromatic rings. The number of hydrogen-bond donors (Lipinski definition) is 0. The highest BCUT2D eigenvalue weighted by Gasteiger charge is 2.16. The zero-order chi connectivity index (χ0) is 17.4. The summed E-state index contributed by atoms with van der Waals surface area (Å²) in [6, 6.07) is 13.5. The number of fused-ring (bicyclic) bond motifs is 2. The molecule has 0 N–H and O–H groups in total. The van der Waals surface area contributed by atoms with Gasteiger partial charge in [-0.3, -0.25) is 4.98 Å². The smallest absolute Gasteiger partial charge is 0.223 e. The molecule has 0 spiro atoms. The Labute approximate surface area is 149 Å². The van der Waals surface area contributed by atoms with Gasteiger partial charge in [0.25, 0.3) is 0 Å². The summed E-state index contributed by atoms with van der Waals surface area (Å²) >= 11 is 6.18. The summed E-state index contributed by atoms with van der Waals surface area (Å²) in [5, 5.41) is 2.02. The minimum Gasteiger partial charge on any atom is -0.493 e. The van der Waals surface area contributed by atoms with Gasteiger partial charge in [-0.2, -0.15) is 0 Å². The van der Waals surface area contributed by atoms with Crippen LogP contribution >= 0.6 is 11.6 Å². The minimum absolute atomic E-state index is 0.169. The molecular weight excluding hydrogens is 338 g/mol. The highest BCUT2D eigenvalue weighted by atomic mass is 35.5. The molecule has 25 heavy (non-hydrogen) atoms. The molecule has 124 valence electrons. The number of hydrogen-bond acceptors (Lipinski definition) is 5. The van der Waals surface area contributed by atoms with Crippen LogP contribution in [0.2, 0.25) is 5.28 Å². The van der Waals surface area contributed by atoms with Crippen molar-refractivity contribution >= 4 is 33.4 Å². The second-order valence-corrected chi connectivity index (χ2v) is 5.78. The number of para-hydroxylation sites is 1. The Morgan fingerprint density at radius 1 is 0.920 bits per heavy atom. The maximum absolute atomic E-state index is 6.18. The molecule has 0 saturated heterocycles. The average molecular weight is 352 g/mol. The van der Waals surface area contributed by atoms with E-state index in [0.717, 1.165) is 21.9 Å². The molecule has 0 aliphatic carbocycles. The van der Waals surface area contributed by atoms with E-state index < -0.39 is 0 Å². The van der Waals surface area contributed by atoms with E-state index in [1.54, 1.807) is 26.5 Å². The van der Waals surface area contributed by atoms with E-state index in [1.165, 1.54) is 0 Å². The standard InChI is InChI=1S/C19H14ClN3O2/c1-24-15-9-13-14(10-16(15)25-2)22-19(20)23-18(13)12-7-3-5-11-6-4-8-21-17(11)12/h3-10H,1-2H3. The van der Waals surface area contributed by atoms with Crippen molar-refractivity contribution in [3.8, 4) is 22.8 Å². The zero-order valence-electron chi connectivity index (χ0n) is 13.7. The van der Waals surface area contributed by atoms with Gasteiger partial charge in [-0.15, -0.1) is 0 Å². The minimum atomic E-state index is 0.169. The van der Waals surface area contributed by atoms with E-state index >= 15 is 0 Å². The molecule has 2 aromatic heterocycles. The van der Waals surface area contributed by atoms with Crippen molar-refractivity contribution in [1.82, 2.24) is 15.0 Å². The van der Waals surface area contributed by atoms with Crippen LogP contribution in [0.15, 0.2) is 48.7 Å². The molecule has 0 atom stereocenters. The van der Waals surface area contributed by atoms with Gasteiger partial charge in [0, 0.05) is 28.6 Å². The van der Waals surface area contributed by atoms with E-state index in [-0.39, 0.29) is 5.28 Å². The quantitative estimate of drug-likeness (QED) is 0.508. The van der Waals surface area contributed by atoms with Crippen LogP contribution in [0.3, 0.4) is 0 Å². The van der Waals surface area contributed by atoms with Crippen molar-refractivity contribution in [3.63, 3.8) is 0 Å². The lowest BCUT2D eigenvalue weighted by Gasteiger charge is -2.12. The van der Waals surface area contributed by atoms with Gasteiger partial charge < -0.3 is 9.47 Å². The summed E-state index contributed by atoms with van der Waals surface area (Å²) in [4.78, 5) is 13.3. The summed E-state index contributed by atoms with van der Waals surface area (Å²) in [5.41, 5.74) is 3.14. The number of nitrogens with zero attached hydrogens (tertiary/aromatic N) is 3. The van der Waals surface area contributed by atoms with E-state index in [0.29, 0.717) is 22.7 Å². The lowest BCUT2D eigenvalue weighted by Crippen LogP contribution is -1.96. The number of rotatable bonds is 3. The van der Waals surface area contributed by atoms with Crippen molar-refractivity contribution in [2.24, 2.45) is 0 Å². The molecule has 2 aromatic carbocycles. The van der Waals surface area contributed by atoms with Crippen molar-refractivity contribution in [2.75, 3.05) is 14.2 Å². The Morgan fingerprint density at radius 3 is 2.48 bits per heavy atom. The van der Waals surface area contributed by atoms with Gasteiger partial charge >= 0.3 is 0 Å². The number of methoxy groups -OCH3 is 2. The van der Waals surface area contributed by atoms with Crippen molar-refractivity contribution in [3.05, 3.63) is 53.9 Å². The zero-order valence-corrected chi connectivity index (χ0v) is 14.4. The second-order valence-electron chi connectivity index (χ2n) is 5.45. The van der Waals surface area contributed by atoms with E-state index in [4.69, 9.17) is 21.1 Å². The maximum Gasteiger partial charge on any atom is 0.223 e. The number of halogens is 1. The van der Waals surface area contributed by atoms with Crippen LogP contribution < -0.4 is 9.47 Å². The van der Waals surface area contributed by atoms with Crippen molar-refractivity contribution in [1.29, 1.82) is 0 Å². The van der Waals surface area contributed by atoms with Crippen LogP contribution in [0.4, 0.5) is 0 Å². The highest BCUT2D eigenvalue weighted by Crippen LogP contribution is 2.37. The highest BCUT2D eigenvalue weighted by molar-refractivity contribution is 6.29. The molecule has 0 aliphatic heterocycles. The molecule has 0 aliphatic rings. The average Bonchev–Trinajstić information content (AvgIpc) is 2.65. The van der Waals surface area contributed by atoms with Gasteiger partial charge in [0.15, 0.2) is 11.5 Å². The number of aromatic nitrogens is 3. The lowest BCUT2D eigenvalue weighted by atomic mass is 10.0. The molecule has 5 nitrogen and oxygen atoms in total. The molecule has 0 unspecified atom stereocenters. The summed E-state index contributed by atoms with van der Waals surface area (Å²) in [7, 11) is 3.18. The van der Waals surface area contributed by atoms with Gasteiger partial charge in [-0.05, 0) is 23.7 Å². The summed E-state index contributed by atoms with van der Waals surface area (Å²) < 4.78 is 10.8. The first kappa shape index (κ1) is 15.6. The molecule has 6 heteroatoms. The molecule has 2 heterocycles. The fraction of sp³-hybridized carbons (Fsp3) is 0.105. The predicted octanol–water partition coefficient (Wildman–Crippen LogP) is 4.52. The number of pyridine rings is 1. The van der Waals surface area contributed by atoms with Crippen LogP contribution in [-0.4, -0.2) is 29.2 Å². The largest absolute Gasteiger partial charge is 0.493 e. The first-order chi connectivity index (χ1) is 12.2. The fourth-order valence-corrected chi connectivity index (χ4v) is 3.10. The Morgan fingerprint density at radius 2 is 1.68 bits per heavy atom. The third-order valence-corrected chi connectivity index (χ3v) is 4.23. The molecule has 0 fully saturated rings. The Kier molecular flexibility index (Phi) is 3.86. The summed E-state index contributed by atoms with van der Waals surface area (Å²) in [5.74, 6) is 1.20. The van der Waals surface area contributed by atoms with Crippen LogP contribution in [-0.2, 0) is 0 Å². The van der Waals surface area contributed by atoms with Gasteiger partial charge in [-0.25, -0.2) is 9.97 Å². The van der Waals surface area contributed by atoms with Crippen molar-refractivity contribution < 1.29 is 9.47 Å². The second kappa shape index (κ2) is 6.18. The summed E-state index contributed by atoms with van der Waals surface area (Å²) in [6.45, 7) is 0. The Balaban J connectivity index is 2.10. The normalized spacial score (nSPS) is 11.0. The Hall–Kier alpha value is -2.92. The fourth-order valence-electron chi connectivity index (χ4n) is 2.93. The van der Waals surface area contributed by atoms with Crippen LogP contribution in [0, 0.1) is 0 Å². The number of benzene rings is 2. The van der Waals surface area contributed by atoms with Gasteiger partial charge in [0.05, 0.1) is 30.9 Å². The molecule has 0 bridgehead atoms. The van der Waals surface area contributed by atoms with Crippen molar-refractivity contribution in [2.45, 2.75) is 0 Å². The summed E-state index contributed by atoms with van der Waals surface area (Å²) in [6.07, 6.45) is 1.76. The topological polar surface area (TPSA) is 57.1 Å². The lowest BCUT2D eigenvalue weighted by molar-refractivity contribution is 0.356. The monoisotopic (exact) mass is 351 g/mol. The van der Waals surface area contributed by atoms with E-state index in [1.807, 2.05) is 36.4 Å². The third-order valence-electron chi connectivity index (χ3n) is 4.06. The van der Waals surface area contributed by atoms with Crippen LogP contribution in [0.1, 0.15) is 0 Å². The third kappa shape index (κ3) is 2.62.